The molecule has 0 saturated carbocycles. The number of fused-ring (bicyclic) bond motifs is 2. The monoisotopic (exact) mass is 401 g/mol. The summed E-state index contributed by atoms with van der Waals surface area (Å²) in [5, 5.41) is 7.54. The number of aromatic nitrogens is 5. The minimum absolute atomic E-state index is 0.208. The number of pyridine rings is 1. The lowest BCUT2D eigenvalue weighted by atomic mass is 10.1. The van der Waals surface area contributed by atoms with Crippen molar-refractivity contribution in [3.05, 3.63) is 49.1 Å². The van der Waals surface area contributed by atoms with Gasteiger partial charge in [-0.05, 0) is 24.7 Å². The summed E-state index contributed by atoms with van der Waals surface area (Å²) in [6.45, 7) is 7.60. The van der Waals surface area contributed by atoms with E-state index in [1.807, 2.05) is 36.8 Å². The summed E-state index contributed by atoms with van der Waals surface area (Å²) >= 11 is 0. The maximum Gasteiger partial charge on any atom is 0.250 e. The summed E-state index contributed by atoms with van der Waals surface area (Å²) in [6.07, 6.45) is 6.95. The molecule has 0 radical (unpaired) electrons. The molecule has 7 nitrogen and oxygen atoms in total. The molecule has 0 unspecified atom stereocenters. The largest absolute Gasteiger partial charge is 0.368 e. The van der Waals surface area contributed by atoms with E-state index in [0.717, 1.165) is 33.2 Å². The Kier molecular flexibility index (Phi) is 7.79. The van der Waals surface area contributed by atoms with Crippen LogP contribution in [-0.2, 0) is 0 Å². The number of nitrogen functional groups attached to an aromatic ring is 1. The van der Waals surface area contributed by atoms with E-state index in [0.29, 0.717) is 0 Å². The maximum atomic E-state index is 11.0. The Balaban J connectivity index is 0.000000325. The van der Waals surface area contributed by atoms with E-state index < -0.39 is 6.43 Å². The number of nitrogens with zero attached hydrogens (tertiary/aromatic N) is 4. The Morgan fingerprint density at radius 1 is 1.34 bits per heavy atom. The summed E-state index contributed by atoms with van der Waals surface area (Å²) in [7, 11) is 1.49. The van der Waals surface area contributed by atoms with Crippen molar-refractivity contribution >= 4 is 28.6 Å². The van der Waals surface area contributed by atoms with Crippen LogP contribution in [0.3, 0.4) is 0 Å². The Morgan fingerprint density at radius 2 is 2.10 bits per heavy atom. The molecule has 154 valence electrons. The average molecular weight is 401 g/mol. The lowest BCUT2D eigenvalue weighted by molar-refractivity contribution is 0.149. The second-order valence-corrected chi connectivity index (χ2v) is 5.69. The SMILES string of the molecule is C=Cc1cnn2ccc(-c3c[nH]c4nc(N)ncc34)cc12.CC.CNCC(F)F. The molecule has 4 heterocycles. The molecule has 0 aliphatic heterocycles. The molecule has 4 aromatic rings. The van der Waals surface area contributed by atoms with Crippen LogP contribution in [-0.4, -0.2) is 44.6 Å². The van der Waals surface area contributed by atoms with Crippen molar-refractivity contribution in [3.8, 4) is 11.1 Å². The van der Waals surface area contributed by atoms with E-state index in [2.05, 4.69) is 38.0 Å². The summed E-state index contributed by atoms with van der Waals surface area (Å²) in [5.74, 6) is 0.260. The zero-order chi connectivity index (χ0) is 21.4. The van der Waals surface area contributed by atoms with Gasteiger partial charge in [0.05, 0.1) is 18.3 Å². The highest BCUT2D eigenvalue weighted by atomic mass is 19.3. The highest BCUT2D eigenvalue weighted by molar-refractivity contribution is 5.94. The van der Waals surface area contributed by atoms with Gasteiger partial charge in [-0.15, -0.1) is 0 Å². The number of nitrogens with two attached hydrogens (primary N) is 1. The van der Waals surface area contributed by atoms with Gasteiger partial charge in [-0.25, -0.2) is 18.3 Å². The average Bonchev–Trinajstić information content (AvgIpc) is 3.32. The number of hydrogen-bond donors (Lipinski definition) is 3. The summed E-state index contributed by atoms with van der Waals surface area (Å²) in [4.78, 5) is 11.4. The highest BCUT2D eigenvalue weighted by Gasteiger charge is 2.10. The van der Waals surface area contributed by atoms with E-state index in [4.69, 9.17) is 5.73 Å². The van der Waals surface area contributed by atoms with Gasteiger partial charge in [0.25, 0.3) is 6.43 Å². The Hall–Kier alpha value is -3.33. The van der Waals surface area contributed by atoms with Crippen molar-refractivity contribution in [2.75, 3.05) is 19.3 Å². The molecule has 0 spiro atoms. The molecule has 0 atom stereocenters. The summed E-state index contributed by atoms with van der Waals surface area (Å²) < 4.78 is 23.8. The van der Waals surface area contributed by atoms with Crippen LogP contribution in [0.5, 0.6) is 0 Å². The van der Waals surface area contributed by atoms with Crippen LogP contribution in [0, 0.1) is 0 Å². The quantitative estimate of drug-likeness (QED) is 0.480. The molecule has 29 heavy (non-hydrogen) atoms. The second-order valence-electron chi connectivity index (χ2n) is 5.69. The van der Waals surface area contributed by atoms with Crippen LogP contribution in [0.15, 0.2) is 43.5 Å². The molecule has 4 rings (SSSR count). The number of hydrogen-bond acceptors (Lipinski definition) is 5. The molecule has 0 bridgehead atoms. The molecule has 0 amide bonds. The molecule has 9 heteroatoms. The zero-order valence-corrected chi connectivity index (χ0v) is 16.7. The van der Waals surface area contributed by atoms with Crippen molar-refractivity contribution < 1.29 is 8.78 Å². The van der Waals surface area contributed by atoms with Gasteiger partial charge in [-0.3, -0.25) is 0 Å². The van der Waals surface area contributed by atoms with Crippen molar-refractivity contribution in [3.63, 3.8) is 0 Å². The summed E-state index contributed by atoms with van der Waals surface area (Å²) in [5.41, 5.74) is 10.4. The number of halogens is 2. The van der Waals surface area contributed by atoms with Crippen LogP contribution >= 0.6 is 0 Å². The van der Waals surface area contributed by atoms with Crippen molar-refractivity contribution in [1.82, 2.24) is 29.9 Å². The third kappa shape index (κ3) is 5.14. The van der Waals surface area contributed by atoms with Crippen molar-refractivity contribution in [1.29, 1.82) is 0 Å². The first-order valence-corrected chi connectivity index (χ1v) is 9.16. The molecule has 0 aliphatic carbocycles. The first-order valence-electron chi connectivity index (χ1n) is 9.16. The fourth-order valence-electron chi connectivity index (χ4n) is 2.64. The predicted molar refractivity (Wildman–Crippen MR) is 114 cm³/mol. The van der Waals surface area contributed by atoms with Gasteiger partial charge in [0.1, 0.15) is 5.65 Å². The molecule has 4 aromatic heterocycles. The Labute approximate surface area is 167 Å². The number of rotatable bonds is 4. The van der Waals surface area contributed by atoms with Crippen LogP contribution in [0.1, 0.15) is 19.4 Å². The first kappa shape index (κ1) is 22.0. The van der Waals surface area contributed by atoms with Crippen LogP contribution in [0.2, 0.25) is 0 Å². The number of nitrogens with one attached hydrogen (secondary N) is 2. The highest BCUT2D eigenvalue weighted by Crippen LogP contribution is 2.29. The van der Waals surface area contributed by atoms with E-state index >= 15 is 0 Å². The number of aromatic amines is 1. The fraction of sp³-hybridized carbons (Fsp3) is 0.250. The Bertz CT molecular complexity index is 1070. The second kappa shape index (κ2) is 10.3. The van der Waals surface area contributed by atoms with E-state index in [1.54, 1.807) is 18.5 Å². The molecule has 0 fully saturated rings. The van der Waals surface area contributed by atoms with E-state index in [1.165, 1.54) is 7.05 Å². The smallest absolute Gasteiger partial charge is 0.250 e. The van der Waals surface area contributed by atoms with Gasteiger partial charge >= 0.3 is 0 Å². The molecule has 4 N–H and O–H groups in total. The lowest BCUT2D eigenvalue weighted by Gasteiger charge is -2.01. The van der Waals surface area contributed by atoms with Crippen molar-refractivity contribution in [2.24, 2.45) is 0 Å². The molecule has 0 aliphatic rings. The van der Waals surface area contributed by atoms with E-state index in [-0.39, 0.29) is 12.5 Å². The molecule has 0 saturated heterocycles. The van der Waals surface area contributed by atoms with Gasteiger partial charge in [0.2, 0.25) is 5.95 Å². The van der Waals surface area contributed by atoms with Crippen LogP contribution in [0.25, 0.3) is 33.8 Å². The standard InChI is InChI=1S/C15H12N6.C3H7F2N.C2H6/c1-2-9-6-19-21-4-3-10(5-13(9)21)11-7-17-14-12(11)8-18-15(16)20-14;1-6-2-3(4)5;1-2/h2-8H,1H2,(H3,16,17,18,20);3,6H,2H2,1H3;1-2H3. The number of H-pyrrole nitrogens is 1. The predicted octanol–water partition coefficient (Wildman–Crippen LogP) is 3.99. The van der Waals surface area contributed by atoms with Gasteiger partial charge in [0, 0.05) is 35.1 Å². The summed E-state index contributed by atoms with van der Waals surface area (Å²) in [6, 6.07) is 4.08. The minimum atomic E-state index is -2.21. The normalized spacial score (nSPS) is 10.4. The number of anilines is 1. The van der Waals surface area contributed by atoms with E-state index in [9.17, 15) is 8.78 Å². The molecular weight excluding hydrogens is 376 g/mol. The minimum Gasteiger partial charge on any atom is -0.368 e. The van der Waals surface area contributed by atoms with Gasteiger partial charge in [-0.2, -0.15) is 10.1 Å². The number of alkyl halides is 2. The fourth-order valence-corrected chi connectivity index (χ4v) is 2.64. The van der Waals surface area contributed by atoms with Gasteiger partial charge in [0.15, 0.2) is 0 Å². The van der Waals surface area contributed by atoms with Crippen LogP contribution in [0.4, 0.5) is 14.7 Å². The Morgan fingerprint density at radius 3 is 2.72 bits per heavy atom. The van der Waals surface area contributed by atoms with Gasteiger partial charge in [-0.1, -0.05) is 26.5 Å². The third-order valence-corrected chi connectivity index (χ3v) is 3.89. The van der Waals surface area contributed by atoms with Crippen LogP contribution < -0.4 is 11.1 Å². The maximum absolute atomic E-state index is 11.0. The third-order valence-electron chi connectivity index (χ3n) is 3.89. The van der Waals surface area contributed by atoms with Crippen molar-refractivity contribution in [2.45, 2.75) is 20.3 Å². The zero-order valence-electron chi connectivity index (χ0n) is 16.7. The van der Waals surface area contributed by atoms with Gasteiger partial charge < -0.3 is 16.0 Å². The first-order chi connectivity index (χ1) is 14.0. The molecule has 0 aromatic carbocycles. The topological polar surface area (TPSA) is 96.9 Å². The lowest BCUT2D eigenvalue weighted by Crippen LogP contribution is -2.15. The molecular formula is C20H25F2N7.